The fourth-order valence-corrected chi connectivity index (χ4v) is 5.09. The van der Waals surface area contributed by atoms with Crippen molar-refractivity contribution in [3.8, 4) is 5.75 Å². The van der Waals surface area contributed by atoms with E-state index in [9.17, 15) is 9.90 Å². The number of nitrogens with zero attached hydrogens (tertiary/aromatic N) is 1. The number of carbonyl (C=O) groups is 1. The van der Waals surface area contributed by atoms with Gasteiger partial charge in [0.1, 0.15) is 12.4 Å². The lowest BCUT2D eigenvalue weighted by atomic mass is 10.0. The van der Waals surface area contributed by atoms with Crippen LogP contribution in [0, 0.1) is 0 Å². The number of hydrogen-bond donors (Lipinski definition) is 3. The second-order valence-corrected chi connectivity index (χ2v) is 9.94. The van der Waals surface area contributed by atoms with Gasteiger partial charge in [0.25, 0.3) is 0 Å². The fraction of sp³-hybridized carbons (Fsp3) is 0.344. The molecule has 1 aliphatic rings. The molecule has 4 N–H and O–H groups in total. The van der Waals surface area contributed by atoms with E-state index in [0.29, 0.717) is 32.4 Å². The highest BCUT2D eigenvalue weighted by Gasteiger charge is 2.37. The van der Waals surface area contributed by atoms with Gasteiger partial charge in [-0.15, -0.1) is 6.58 Å². The number of ether oxygens (including phenoxy) is 2. The third-order valence-corrected chi connectivity index (χ3v) is 7.26. The molecule has 0 fully saturated rings. The van der Waals surface area contributed by atoms with Gasteiger partial charge in [-0.05, 0) is 53.6 Å². The maximum Gasteiger partial charge on any atom is 0.410 e. The minimum absolute atomic E-state index is 0.0909. The Hall–Kier alpha value is -3.65. The number of methoxy groups -OCH3 is 1. The average molecular weight is 530 g/mol. The molecule has 4 rings (SSSR count). The Labute approximate surface area is 231 Å². The van der Waals surface area contributed by atoms with Crippen molar-refractivity contribution in [2.24, 2.45) is 5.73 Å². The van der Waals surface area contributed by atoms with E-state index in [4.69, 9.17) is 15.2 Å². The molecule has 0 bridgehead atoms. The predicted molar refractivity (Wildman–Crippen MR) is 153 cm³/mol. The summed E-state index contributed by atoms with van der Waals surface area (Å²) in [5.74, 6) is 0.742. The van der Waals surface area contributed by atoms with Crippen LogP contribution >= 0.6 is 0 Å². The number of amides is 1. The SMILES string of the molecule is C=CCCN(C(=O)OCc1ccccc1)C1C[C@H](NC[C@@H](O)[C@@H](N)Cc2ccccc2)c2cc(OC)ccc21. The summed E-state index contributed by atoms with van der Waals surface area (Å²) in [5.41, 5.74) is 10.4. The Morgan fingerprint density at radius 1 is 1.10 bits per heavy atom. The lowest BCUT2D eigenvalue weighted by Crippen LogP contribution is -2.43. The first-order valence-corrected chi connectivity index (χ1v) is 13.5. The molecule has 0 spiro atoms. The number of aliphatic hydroxyl groups is 1. The van der Waals surface area contributed by atoms with E-state index in [1.807, 2.05) is 84.9 Å². The van der Waals surface area contributed by atoms with Crippen LogP contribution in [0.2, 0.25) is 0 Å². The molecule has 1 unspecified atom stereocenters. The zero-order chi connectivity index (χ0) is 27.6. The number of benzene rings is 3. The summed E-state index contributed by atoms with van der Waals surface area (Å²) in [5, 5.41) is 14.3. The number of nitrogens with two attached hydrogens (primary N) is 1. The smallest absolute Gasteiger partial charge is 0.410 e. The van der Waals surface area contributed by atoms with Crippen LogP contribution in [-0.2, 0) is 17.8 Å². The van der Waals surface area contributed by atoms with Crippen molar-refractivity contribution >= 4 is 6.09 Å². The summed E-state index contributed by atoms with van der Waals surface area (Å²) in [4.78, 5) is 15.1. The Bertz CT molecular complexity index is 1200. The van der Waals surface area contributed by atoms with Gasteiger partial charge in [0, 0.05) is 25.2 Å². The summed E-state index contributed by atoms with van der Waals surface area (Å²) in [6, 6.07) is 24.8. The highest BCUT2D eigenvalue weighted by atomic mass is 16.6. The van der Waals surface area contributed by atoms with Crippen LogP contribution < -0.4 is 15.8 Å². The zero-order valence-electron chi connectivity index (χ0n) is 22.5. The minimum atomic E-state index is -0.731. The van der Waals surface area contributed by atoms with Crippen LogP contribution in [0.3, 0.4) is 0 Å². The van der Waals surface area contributed by atoms with Crippen molar-refractivity contribution in [2.75, 3.05) is 20.2 Å². The van der Waals surface area contributed by atoms with Gasteiger partial charge < -0.3 is 30.5 Å². The Morgan fingerprint density at radius 2 is 1.79 bits per heavy atom. The van der Waals surface area contributed by atoms with Gasteiger partial charge >= 0.3 is 6.09 Å². The summed E-state index contributed by atoms with van der Waals surface area (Å²) in [7, 11) is 1.64. The fourth-order valence-electron chi connectivity index (χ4n) is 5.09. The molecule has 4 atom stereocenters. The Kier molecular flexibility index (Phi) is 10.1. The highest BCUT2D eigenvalue weighted by molar-refractivity contribution is 5.69. The third-order valence-electron chi connectivity index (χ3n) is 7.26. The molecule has 7 heteroatoms. The van der Waals surface area contributed by atoms with Crippen LogP contribution in [0.1, 0.15) is 47.2 Å². The van der Waals surface area contributed by atoms with Crippen molar-refractivity contribution in [1.82, 2.24) is 10.2 Å². The molecule has 3 aromatic rings. The van der Waals surface area contributed by atoms with E-state index < -0.39 is 12.1 Å². The van der Waals surface area contributed by atoms with Crippen LogP contribution in [0.5, 0.6) is 5.75 Å². The molecule has 7 nitrogen and oxygen atoms in total. The van der Waals surface area contributed by atoms with Crippen LogP contribution in [0.25, 0.3) is 0 Å². The summed E-state index contributed by atoms with van der Waals surface area (Å²) < 4.78 is 11.2. The van der Waals surface area contributed by atoms with Gasteiger partial charge in [0.05, 0.1) is 19.3 Å². The standard InChI is InChI=1S/C32H39N3O4/c1-3-4-17-35(32(37)39-22-24-13-9-6-10-14-24)30-20-29(27-19-25(38-2)15-16-26(27)30)34-21-31(36)28(33)18-23-11-7-5-8-12-23/h3,5-16,19,28-31,34,36H,1,4,17-18,20-22,33H2,2H3/t28-,29-,30?,31+/m0/s1. The van der Waals surface area contributed by atoms with Crippen LogP contribution in [0.4, 0.5) is 4.79 Å². The van der Waals surface area contributed by atoms with Gasteiger partial charge in [-0.1, -0.05) is 72.8 Å². The molecule has 0 aromatic heterocycles. The second kappa shape index (κ2) is 13.9. The van der Waals surface area contributed by atoms with Crippen LogP contribution in [-0.4, -0.2) is 48.4 Å². The monoisotopic (exact) mass is 529 g/mol. The normalized spacial score (nSPS) is 17.6. The van der Waals surface area contributed by atoms with Crippen molar-refractivity contribution in [2.45, 2.75) is 50.1 Å². The van der Waals surface area contributed by atoms with E-state index in [1.165, 1.54) is 0 Å². The zero-order valence-corrected chi connectivity index (χ0v) is 22.5. The number of carbonyl (C=O) groups excluding carboxylic acids is 1. The van der Waals surface area contributed by atoms with Crippen molar-refractivity contribution in [3.63, 3.8) is 0 Å². The van der Waals surface area contributed by atoms with Crippen LogP contribution in [0.15, 0.2) is 91.5 Å². The van der Waals surface area contributed by atoms with Crippen molar-refractivity contribution < 1.29 is 19.4 Å². The predicted octanol–water partition coefficient (Wildman–Crippen LogP) is 4.92. The van der Waals surface area contributed by atoms with Gasteiger partial charge in [-0.2, -0.15) is 0 Å². The maximum atomic E-state index is 13.3. The summed E-state index contributed by atoms with van der Waals surface area (Å²) in [6.45, 7) is 4.87. The summed E-state index contributed by atoms with van der Waals surface area (Å²) >= 11 is 0. The molecule has 0 saturated heterocycles. The van der Waals surface area contributed by atoms with E-state index >= 15 is 0 Å². The molecule has 39 heavy (non-hydrogen) atoms. The molecule has 1 amide bonds. The molecule has 0 heterocycles. The molecule has 0 aliphatic heterocycles. The molecule has 206 valence electrons. The first-order valence-electron chi connectivity index (χ1n) is 13.5. The van der Waals surface area contributed by atoms with E-state index in [1.54, 1.807) is 12.0 Å². The van der Waals surface area contributed by atoms with Gasteiger partial charge in [0.15, 0.2) is 0 Å². The highest BCUT2D eigenvalue weighted by Crippen LogP contribution is 2.44. The molecular weight excluding hydrogens is 490 g/mol. The molecule has 0 saturated carbocycles. The topological polar surface area (TPSA) is 97.0 Å². The maximum absolute atomic E-state index is 13.3. The number of hydrogen-bond acceptors (Lipinski definition) is 6. The first-order chi connectivity index (χ1) is 19.0. The van der Waals surface area contributed by atoms with Gasteiger partial charge in [-0.3, -0.25) is 0 Å². The molecule has 0 radical (unpaired) electrons. The average Bonchev–Trinajstić information content (AvgIpc) is 3.33. The Balaban J connectivity index is 1.48. The number of rotatable bonds is 13. The molecule has 3 aromatic carbocycles. The van der Waals surface area contributed by atoms with E-state index in [-0.39, 0.29) is 24.8 Å². The second-order valence-electron chi connectivity index (χ2n) is 9.94. The molecule has 1 aliphatic carbocycles. The van der Waals surface area contributed by atoms with Gasteiger partial charge in [0.2, 0.25) is 0 Å². The minimum Gasteiger partial charge on any atom is -0.497 e. The largest absolute Gasteiger partial charge is 0.497 e. The number of fused-ring (bicyclic) bond motifs is 1. The number of nitrogens with one attached hydrogen (secondary N) is 1. The summed E-state index contributed by atoms with van der Waals surface area (Å²) in [6.07, 6.45) is 2.59. The first kappa shape index (κ1) is 28.4. The number of aliphatic hydroxyl groups excluding tert-OH is 1. The quantitative estimate of drug-likeness (QED) is 0.272. The lowest BCUT2D eigenvalue weighted by Gasteiger charge is -2.29. The van der Waals surface area contributed by atoms with E-state index in [0.717, 1.165) is 28.0 Å². The van der Waals surface area contributed by atoms with Crippen molar-refractivity contribution in [1.29, 1.82) is 0 Å². The van der Waals surface area contributed by atoms with E-state index in [2.05, 4.69) is 11.9 Å². The van der Waals surface area contributed by atoms with Crippen molar-refractivity contribution in [3.05, 3.63) is 114 Å². The van der Waals surface area contributed by atoms with Gasteiger partial charge in [-0.25, -0.2) is 4.79 Å². The molecular formula is C32H39N3O4. The Morgan fingerprint density at radius 3 is 2.46 bits per heavy atom. The third kappa shape index (κ3) is 7.47. The lowest BCUT2D eigenvalue weighted by molar-refractivity contribution is 0.0786.